The standard InChI is InChI=1S/C11H13BrClNO4S/c1-11(15)5-14(6-11)19(16,17)9-4-7(13)3-8(12)10(9)18-2/h3-4,15H,5-6H2,1-2H3. The van der Waals surface area contributed by atoms with Gasteiger partial charge in [-0.25, -0.2) is 8.42 Å². The SMILES string of the molecule is COc1c(Br)cc(Cl)cc1S(=O)(=O)N1CC(C)(O)C1. The highest BCUT2D eigenvalue weighted by Crippen LogP contribution is 2.38. The predicted molar refractivity (Wildman–Crippen MR) is 75.1 cm³/mol. The highest BCUT2D eigenvalue weighted by Gasteiger charge is 2.45. The fourth-order valence-corrected chi connectivity index (χ4v) is 4.99. The number of methoxy groups -OCH3 is 1. The molecular weight excluding hydrogens is 358 g/mol. The van der Waals surface area contributed by atoms with Crippen LogP contribution in [0.15, 0.2) is 21.5 Å². The quantitative estimate of drug-likeness (QED) is 0.882. The van der Waals surface area contributed by atoms with Gasteiger partial charge in [0.1, 0.15) is 4.90 Å². The molecule has 1 aliphatic rings. The Balaban J connectivity index is 2.47. The van der Waals surface area contributed by atoms with Gasteiger partial charge in [-0.3, -0.25) is 0 Å². The Bertz CT molecular complexity index is 609. The number of hydrogen-bond acceptors (Lipinski definition) is 4. The third-order valence-corrected chi connectivity index (χ3v) is 5.43. The highest BCUT2D eigenvalue weighted by atomic mass is 79.9. The molecule has 1 fully saturated rings. The van der Waals surface area contributed by atoms with Gasteiger partial charge < -0.3 is 9.84 Å². The van der Waals surface area contributed by atoms with Crippen molar-refractivity contribution in [3.63, 3.8) is 0 Å². The Kier molecular flexibility index (Phi) is 3.88. The van der Waals surface area contributed by atoms with Gasteiger partial charge in [0.05, 0.1) is 17.2 Å². The van der Waals surface area contributed by atoms with Crippen molar-refractivity contribution in [2.45, 2.75) is 17.4 Å². The van der Waals surface area contributed by atoms with Gasteiger partial charge in [-0.1, -0.05) is 11.6 Å². The minimum Gasteiger partial charge on any atom is -0.494 e. The summed E-state index contributed by atoms with van der Waals surface area (Å²) in [6.07, 6.45) is 0. The summed E-state index contributed by atoms with van der Waals surface area (Å²) < 4.78 is 31.7. The number of nitrogens with zero attached hydrogens (tertiary/aromatic N) is 1. The van der Waals surface area contributed by atoms with E-state index < -0.39 is 15.6 Å². The molecule has 1 heterocycles. The first-order valence-electron chi connectivity index (χ1n) is 5.43. The molecule has 5 nitrogen and oxygen atoms in total. The summed E-state index contributed by atoms with van der Waals surface area (Å²) in [5.74, 6) is 0.205. The van der Waals surface area contributed by atoms with Crippen LogP contribution in [0.2, 0.25) is 5.02 Å². The Morgan fingerprint density at radius 2 is 2.05 bits per heavy atom. The summed E-state index contributed by atoms with van der Waals surface area (Å²) in [5, 5.41) is 9.95. The molecule has 0 bridgehead atoms. The topological polar surface area (TPSA) is 66.8 Å². The third-order valence-electron chi connectivity index (χ3n) is 2.83. The molecule has 0 saturated carbocycles. The van der Waals surface area contributed by atoms with Crippen LogP contribution in [0.4, 0.5) is 0 Å². The van der Waals surface area contributed by atoms with Gasteiger partial charge >= 0.3 is 0 Å². The number of ether oxygens (including phenoxy) is 1. The number of rotatable bonds is 3. The van der Waals surface area contributed by atoms with Crippen LogP contribution < -0.4 is 4.74 Å². The molecule has 106 valence electrons. The molecule has 0 spiro atoms. The molecule has 19 heavy (non-hydrogen) atoms. The molecule has 0 aromatic heterocycles. The Hall–Kier alpha value is -0.340. The zero-order valence-electron chi connectivity index (χ0n) is 10.4. The van der Waals surface area contributed by atoms with E-state index in [1.165, 1.54) is 17.5 Å². The molecule has 1 saturated heterocycles. The van der Waals surface area contributed by atoms with E-state index in [1.54, 1.807) is 13.0 Å². The minimum atomic E-state index is -3.73. The van der Waals surface area contributed by atoms with Crippen LogP contribution in [0.3, 0.4) is 0 Å². The Labute approximate surface area is 125 Å². The van der Waals surface area contributed by atoms with Crippen LogP contribution in [0.1, 0.15) is 6.92 Å². The molecular formula is C11H13BrClNO4S. The maximum atomic E-state index is 12.4. The first-order valence-corrected chi connectivity index (χ1v) is 8.04. The average molecular weight is 371 g/mol. The lowest BCUT2D eigenvalue weighted by molar-refractivity contribution is -0.0426. The van der Waals surface area contributed by atoms with E-state index in [4.69, 9.17) is 16.3 Å². The molecule has 0 radical (unpaired) electrons. The summed E-state index contributed by atoms with van der Waals surface area (Å²) in [5.41, 5.74) is -0.976. The van der Waals surface area contributed by atoms with E-state index in [9.17, 15) is 13.5 Å². The lowest BCUT2D eigenvalue weighted by Crippen LogP contribution is -2.61. The van der Waals surface area contributed by atoms with Crippen molar-refractivity contribution in [1.29, 1.82) is 0 Å². The molecule has 2 rings (SSSR count). The van der Waals surface area contributed by atoms with Crippen LogP contribution in [0.5, 0.6) is 5.75 Å². The van der Waals surface area contributed by atoms with Gasteiger partial charge in [-0.05, 0) is 35.0 Å². The summed E-state index contributed by atoms with van der Waals surface area (Å²) >= 11 is 9.11. The average Bonchev–Trinajstić information content (AvgIpc) is 2.24. The summed E-state index contributed by atoms with van der Waals surface area (Å²) in [7, 11) is -2.34. The first kappa shape index (κ1) is 15.1. The minimum absolute atomic E-state index is 0.00937. The smallest absolute Gasteiger partial charge is 0.247 e. The number of aliphatic hydroxyl groups is 1. The van der Waals surface area contributed by atoms with Crippen LogP contribution in [0, 0.1) is 0 Å². The van der Waals surface area contributed by atoms with Crippen molar-refractivity contribution in [1.82, 2.24) is 4.31 Å². The monoisotopic (exact) mass is 369 g/mol. The third kappa shape index (κ3) is 2.75. The Morgan fingerprint density at radius 1 is 1.47 bits per heavy atom. The first-order chi connectivity index (χ1) is 8.67. The molecule has 0 aliphatic carbocycles. The molecule has 1 N–H and O–H groups in total. The molecule has 1 aromatic rings. The van der Waals surface area contributed by atoms with Crippen molar-refractivity contribution >= 4 is 37.6 Å². The van der Waals surface area contributed by atoms with E-state index >= 15 is 0 Å². The van der Waals surface area contributed by atoms with Crippen molar-refractivity contribution in [2.75, 3.05) is 20.2 Å². The normalized spacial score (nSPS) is 19.0. The van der Waals surface area contributed by atoms with E-state index in [0.717, 1.165) is 0 Å². The second-order valence-corrected chi connectivity index (χ2v) is 7.89. The number of benzene rings is 1. The van der Waals surface area contributed by atoms with E-state index in [-0.39, 0.29) is 23.7 Å². The summed E-state index contributed by atoms with van der Waals surface area (Å²) in [6, 6.07) is 2.90. The lowest BCUT2D eigenvalue weighted by Gasteiger charge is -2.42. The molecule has 1 aromatic carbocycles. The van der Waals surface area contributed by atoms with Gasteiger partial charge in [0, 0.05) is 18.1 Å². The van der Waals surface area contributed by atoms with E-state index in [1.807, 2.05) is 0 Å². The maximum Gasteiger partial charge on any atom is 0.247 e. The van der Waals surface area contributed by atoms with Gasteiger partial charge in [0.25, 0.3) is 0 Å². The van der Waals surface area contributed by atoms with Crippen LogP contribution >= 0.6 is 27.5 Å². The Morgan fingerprint density at radius 3 is 2.53 bits per heavy atom. The van der Waals surface area contributed by atoms with Gasteiger partial charge in [0.2, 0.25) is 10.0 Å². The zero-order valence-corrected chi connectivity index (χ0v) is 13.5. The lowest BCUT2D eigenvalue weighted by atomic mass is 10.0. The molecule has 8 heteroatoms. The van der Waals surface area contributed by atoms with Crippen molar-refractivity contribution < 1.29 is 18.3 Å². The molecule has 0 atom stereocenters. The molecule has 1 aliphatic heterocycles. The van der Waals surface area contributed by atoms with E-state index in [0.29, 0.717) is 9.50 Å². The molecule has 0 amide bonds. The number of β-amino-alcohol motifs (C(OH)–C–C–N with tert-alkyl or cyclic N) is 1. The maximum absolute atomic E-state index is 12.4. The predicted octanol–water partition coefficient (Wildman–Crippen LogP) is 1.87. The fraction of sp³-hybridized carbons (Fsp3) is 0.455. The number of halogens is 2. The van der Waals surface area contributed by atoms with Gasteiger partial charge in [-0.15, -0.1) is 0 Å². The van der Waals surface area contributed by atoms with Gasteiger partial charge in [-0.2, -0.15) is 4.31 Å². The van der Waals surface area contributed by atoms with Gasteiger partial charge in [0.15, 0.2) is 5.75 Å². The zero-order chi connectivity index (χ0) is 14.4. The van der Waals surface area contributed by atoms with Crippen molar-refractivity contribution in [3.8, 4) is 5.75 Å². The summed E-state index contributed by atoms with van der Waals surface area (Å²) in [4.78, 5) is -0.00937. The summed E-state index contributed by atoms with van der Waals surface area (Å²) in [6.45, 7) is 1.70. The van der Waals surface area contributed by atoms with E-state index in [2.05, 4.69) is 15.9 Å². The van der Waals surface area contributed by atoms with Crippen molar-refractivity contribution in [2.24, 2.45) is 0 Å². The largest absolute Gasteiger partial charge is 0.494 e. The fourth-order valence-electron chi connectivity index (χ4n) is 1.95. The number of hydrogen-bond donors (Lipinski definition) is 1. The van der Waals surface area contributed by atoms with Crippen LogP contribution in [-0.2, 0) is 10.0 Å². The molecule has 0 unspecified atom stereocenters. The highest BCUT2D eigenvalue weighted by molar-refractivity contribution is 9.10. The second-order valence-electron chi connectivity index (χ2n) is 4.69. The number of sulfonamides is 1. The van der Waals surface area contributed by atoms with Crippen LogP contribution in [-0.4, -0.2) is 43.6 Å². The van der Waals surface area contributed by atoms with Crippen LogP contribution in [0.25, 0.3) is 0 Å². The second kappa shape index (κ2) is 4.89. The van der Waals surface area contributed by atoms with Crippen molar-refractivity contribution in [3.05, 3.63) is 21.6 Å².